The van der Waals surface area contributed by atoms with Gasteiger partial charge in [-0.3, -0.25) is 9.59 Å². The molecule has 1 aliphatic heterocycles. The summed E-state index contributed by atoms with van der Waals surface area (Å²) in [5.41, 5.74) is 3.73. The highest BCUT2D eigenvalue weighted by atomic mass is 32.2. The molecule has 0 aromatic heterocycles. The molecule has 1 saturated heterocycles. The van der Waals surface area contributed by atoms with E-state index in [1.165, 1.54) is 4.90 Å². The Labute approximate surface area is 196 Å². The van der Waals surface area contributed by atoms with Crippen LogP contribution in [0.3, 0.4) is 0 Å². The largest absolute Gasteiger partial charge is 0.336 e. The summed E-state index contributed by atoms with van der Waals surface area (Å²) in [6, 6.07) is 12.5. The lowest BCUT2D eigenvalue weighted by Crippen LogP contribution is -2.35. The van der Waals surface area contributed by atoms with E-state index in [1.807, 2.05) is 32.0 Å². The highest BCUT2D eigenvalue weighted by Gasteiger charge is 2.25. The van der Waals surface area contributed by atoms with Gasteiger partial charge in [0.05, 0.1) is 11.4 Å². The van der Waals surface area contributed by atoms with E-state index in [1.54, 1.807) is 35.6 Å². The first kappa shape index (κ1) is 24.9. The number of benzene rings is 2. The van der Waals surface area contributed by atoms with Gasteiger partial charge in [0.15, 0.2) is 0 Å². The fraction of sp³-hybridized carbons (Fsp3) is 0.440. The lowest BCUT2D eigenvalue weighted by atomic mass is 10.1. The number of aryl methyl sites for hydroxylation is 2. The Morgan fingerprint density at radius 3 is 2.33 bits per heavy atom. The van der Waals surface area contributed by atoms with E-state index in [0.29, 0.717) is 24.4 Å². The van der Waals surface area contributed by atoms with Crippen molar-refractivity contribution >= 4 is 27.5 Å². The molecule has 0 unspecified atom stereocenters. The molecule has 0 atom stereocenters. The number of carbonyl (C=O) groups is 2. The molecule has 0 aliphatic carbocycles. The van der Waals surface area contributed by atoms with E-state index in [2.05, 4.69) is 5.32 Å². The van der Waals surface area contributed by atoms with Crippen LogP contribution in [0.25, 0.3) is 0 Å². The summed E-state index contributed by atoms with van der Waals surface area (Å²) in [6.45, 7) is 5.04. The van der Waals surface area contributed by atoms with E-state index in [4.69, 9.17) is 0 Å². The summed E-state index contributed by atoms with van der Waals surface area (Å²) in [5.74, 6) is -0.386. The van der Waals surface area contributed by atoms with Crippen LogP contribution in [0, 0.1) is 13.8 Å². The molecule has 0 saturated carbocycles. The molecule has 2 amide bonds. The number of hydrogen-bond acceptors (Lipinski definition) is 4. The summed E-state index contributed by atoms with van der Waals surface area (Å²) < 4.78 is 27.1. The van der Waals surface area contributed by atoms with Crippen molar-refractivity contribution in [1.82, 2.24) is 9.21 Å². The molecule has 7 nitrogen and oxygen atoms in total. The maximum Gasteiger partial charge on any atom is 0.243 e. The molecule has 2 aromatic rings. The lowest BCUT2D eigenvalue weighted by Gasteiger charge is -2.25. The average Bonchev–Trinajstić information content (AvgIpc) is 2.81. The maximum absolute atomic E-state index is 12.8. The molecule has 0 bridgehead atoms. The number of carbonyl (C=O) groups excluding carboxylic acids is 2. The first-order valence-corrected chi connectivity index (χ1v) is 12.8. The van der Waals surface area contributed by atoms with Crippen LogP contribution in [0.4, 0.5) is 5.69 Å². The van der Waals surface area contributed by atoms with Crippen LogP contribution >= 0.6 is 0 Å². The van der Waals surface area contributed by atoms with Crippen molar-refractivity contribution in [2.24, 2.45) is 0 Å². The minimum atomic E-state index is -3.45. The van der Waals surface area contributed by atoms with E-state index >= 15 is 0 Å². The zero-order valence-electron chi connectivity index (χ0n) is 19.6. The highest BCUT2D eigenvalue weighted by molar-refractivity contribution is 7.89. The SMILES string of the molecule is Cc1cccc(NC(=O)CN(C)C(=O)CCc2ccc(S(=O)(=O)N3CCCCC3)cc2)c1C. The second-order valence-corrected chi connectivity index (χ2v) is 10.6. The van der Waals surface area contributed by atoms with Crippen LogP contribution in [0.1, 0.15) is 42.4 Å². The van der Waals surface area contributed by atoms with Gasteiger partial charge in [0.1, 0.15) is 0 Å². The number of nitrogens with one attached hydrogen (secondary N) is 1. The number of rotatable bonds is 8. The third-order valence-corrected chi connectivity index (χ3v) is 8.10. The monoisotopic (exact) mass is 471 g/mol. The Kier molecular flexibility index (Phi) is 8.26. The van der Waals surface area contributed by atoms with Crippen LogP contribution in [-0.4, -0.2) is 56.1 Å². The first-order chi connectivity index (χ1) is 15.7. The van der Waals surface area contributed by atoms with E-state index in [0.717, 1.165) is 41.6 Å². The van der Waals surface area contributed by atoms with Crippen molar-refractivity contribution in [2.75, 3.05) is 32.0 Å². The van der Waals surface area contributed by atoms with Crippen molar-refractivity contribution in [3.63, 3.8) is 0 Å². The minimum Gasteiger partial charge on any atom is -0.336 e. The number of sulfonamides is 1. The molecule has 8 heteroatoms. The van der Waals surface area contributed by atoms with Crippen LogP contribution in [0.15, 0.2) is 47.4 Å². The second kappa shape index (κ2) is 10.9. The minimum absolute atomic E-state index is 0.0285. The fourth-order valence-electron chi connectivity index (χ4n) is 3.90. The number of anilines is 1. The Morgan fingerprint density at radius 2 is 1.67 bits per heavy atom. The molecule has 33 heavy (non-hydrogen) atoms. The third kappa shape index (κ3) is 6.42. The van der Waals surface area contributed by atoms with Crippen molar-refractivity contribution < 1.29 is 18.0 Å². The van der Waals surface area contributed by atoms with Crippen LogP contribution in [0.5, 0.6) is 0 Å². The summed E-state index contributed by atoms with van der Waals surface area (Å²) >= 11 is 0. The topological polar surface area (TPSA) is 86.8 Å². The Hall–Kier alpha value is -2.71. The molecule has 0 spiro atoms. The Bertz CT molecular complexity index is 1090. The van der Waals surface area contributed by atoms with Crippen molar-refractivity contribution in [3.05, 3.63) is 59.2 Å². The zero-order valence-corrected chi connectivity index (χ0v) is 20.5. The summed E-state index contributed by atoms with van der Waals surface area (Å²) in [7, 11) is -1.84. The van der Waals surface area contributed by atoms with Gasteiger partial charge in [-0.15, -0.1) is 0 Å². The van der Waals surface area contributed by atoms with E-state index in [-0.39, 0.29) is 24.8 Å². The normalized spacial score (nSPS) is 14.6. The quantitative estimate of drug-likeness (QED) is 0.638. The summed E-state index contributed by atoms with van der Waals surface area (Å²) in [5, 5.41) is 2.86. The second-order valence-electron chi connectivity index (χ2n) is 8.65. The van der Waals surface area contributed by atoms with Crippen LogP contribution in [0.2, 0.25) is 0 Å². The van der Waals surface area contributed by atoms with Crippen LogP contribution < -0.4 is 5.32 Å². The van der Waals surface area contributed by atoms with Gasteiger partial charge in [-0.25, -0.2) is 8.42 Å². The van der Waals surface area contributed by atoms with Gasteiger partial charge in [-0.2, -0.15) is 4.31 Å². The Morgan fingerprint density at radius 1 is 1.00 bits per heavy atom. The van der Waals surface area contributed by atoms with Crippen molar-refractivity contribution in [3.8, 4) is 0 Å². The van der Waals surface area contributed by atoms with E-state index < -0.39 is 10.0 Å². The summed E-state index contributed by atoms with van der Waals surface area (Å²) in [6.07, 6.45) is 3.59. The summed E-state index contributed by atoms with van der Waals surface area (Å²) in [4.78, 5) is 26.6. The predicted octanol–water partition coefficient (Wildman–Crippen LogP) is 3.51. The molecule has 2 aromatic carbocycles. The van der Waals surface area contributed by atoms with Crippen LogP contribution in [-0.2, 0) is 26.0 Å². The number of hydrogen-bond donors (Lipinski definition) is 1. The molecule has 178 valence electrons. The number of likely N-dealkylation sites (N-methyl/N-ethyl adjacent to an activating group) is 1. The molecule has 0 radical (unpaired) electrons. The van der Waals surface area contributed by atoms with Crippen molar-refractivity contribution in [1.29, 1.82) is 0 Å². The number of amides is 2. The average molecular weight is 472 g/mol. The fourth-order valence-corrected chi connectivity index (χ4v) is 5.42. The smallest absolute Gasteiger partial charge is 0.243 e. The highest BCUT2D eigenvalue weighted by Crippen LogP contribution is 2.21. The van der Waals surface area contributed by atoms with Gasteiger partial charge in [0.2, 0.25) is 21.8 Å². The predicted molar refractivity (Wildman–Crippen MR) is 130 cm³/mol. The Balaban J connectivity index is 1.50. The molecular formula is C25H33N3O4S. The van der Waals surface area contributed by atoms with Gasteiger partial charge >= 0.3 is 0 Å². The lowest BCUT2D eigenvalue weighted by molar-refractivity contribution is -0.133. The zero-order chi connectivity index (χ0) is 24.0. The molecule has 1 aliphatic rings. The molecule has 1 N–H and O–H groups in total. The maximum atomic E-state index is 12.8. The van der Waals surface area contributed by atoms with Gasteiger partial charge in [0.25, 0.3) is 0 Å². The third-order valence-electron chi connectivity index (χ3n) is 6.19. The van der Waals surface area contributed by atoms with Gasteiger partial charge in [0, 0.05) is 32.2 Å². The van der Waals surface area contributed by atoms with E-state index in [9.17, 15) is 18.0 Å². The molecule has 1 heterocycles. The number of piperidine rings is 1. The van der Waals surface area contributed by atoms with Gasteiger partial charge < -0.3 is 10.2 Å². The van der Waals surface area contributed by atoms with Gasteiger partial charge in [-0.05, 0) is 68.0 Å². The molecule has 1 fully saturated rings. The standard InChI is InChI=1S/C25H33N3O4S/c1-19-8-7-9-23(20(19)2)26-24(29)18-27(3)25(30)15-12-21-10-13-22(14-11-21)33(31,32)28-16-5-4-6-17-28/h7-11,13-14H,4-6,12,15-18H2,1-3H3,(H,26,29). The molecular weight excluding hydrogens is 438 g/mol. The van der Waals surface area contributed by atoms with Crippen molar-refractivity contribution in [2.45, 2.75) is 50.8 Å². The van der Waals surface area contributed by atoms with Gasteiger partial charge in [-0.1, -0.05) is 30.7 Å². The number of nitrogens with zero attached hydrogens (tertiary/aromatic N) is 2. The molecule has 3 rings (SSSR count). The first-order valence-electron chi connectivity index (χ1n) is 11.4.